The first-order valence-electron chi connectivity index (χ1n) is 10.4. The summed E-state index contributed by atoms with van der Waals surface area (Å²) < 4.78 is 27.5. The molecule has 2 fully saturated rings. The lowest BCUT2D eigenvalue weighted by molar-refractivity contribution is 0.0950. The molecule has 0 atom stereocenters. The Labute approximate surface area is 172 Å². The lowest BCUT2D eigenvalue weighted by Gasteiger charge is -2.23. The maximum Gasteiger partial charge on any atom is 0.255 e. The molecule has 7 nitrogen and oxygen atoms in total. The molecule has 2 heterocycles. The Morgan fingerprint density at radius 1 is 1.14 bits per heavy atom. The van der Waals surface area contributed by atoms with Crippen LogP contribution in [0.1, 0.15) is 66.2 Å². The van der Waals surface area contributed by atoms with Crippen molar-refractivity contribution in [2.75, 3.05) is 16.6 Å². The van der Waals surface area contributed by atoms with Gasteiger partial charge in [0.25, 0.3) is 5.91 Å². The first-order chi connectivity index (χ1) is 14.0. The lowest BCUT2D eigenvalue weighted by atomic mass is 9.95. The van der Waals surface area contributed by atoms with Crippen LogP contribution in [0.15, 0.2) is 30.5 Å². The number of nitrogens with one attached hydrogen (secondary N) is 1. The summed E-state index contributed by atoms with van der Waals surface area (Å²) in [5, 5.41) is 7.43. The predicted molar refractivity (Wildman–Crippen MR) is 112 cm³/mol. The van der Waals surface area contributed by atoms with Gasteiger partial charge in [0, 0.05) is 18.8 Å². The number of carbonyl (C=O) groups is 1. The van der Waals surface area contributed by atoms with Gasteiger partial charge in [0.2, 0.25) is 10.0 Å². The number of anilines is 1. The second kappa shape index (κ2) is 8.18. The molecule has 1 N–H and O–H groups in total. The molecular formula is C21H28N4O3S. The van der Waals surface area contributed by atoms with Crippen molar-refractivity contribution in [1.82, 2.24) is 15.1 Å². The molecule has 1 amide bonds. The van der Waals surface area contributed by atoms with E-state index in [1.165, 1.54) is 23.6 Å². The Hall–Kier alpha value is -2.35. The predicted octanol–water partition coefficient (Wildman–Crippen LogP) is 3.17. The van der Waals surface area contributed by atoms with Crippen molar-refractivity contribution in [3.63, 3.8) is 0 Å². The summed E-state index contributed by atoms with van der Waals surface area (Å²) in [7, 11) is -3.17. The third kappa shape index (κ3) is 4.17. The van der Waals surface area contributed by atoms with Gasteiger partial charge in [-0.2, -0.15) is 5.10 Å². The summed E-state index contributed by atoms with van der Waals surface area (Å²) in [6.07, 6.45) is 8.31. The molecule has 1 aromatic carbocycles. The van der Waals surface area contributed by atoms with Gasteiger partial charge in [0.15, 0.2) is 0 Å². The molecule has 29 heavy (non-hydrogen) atoms. The van der Waals surface area contributed by atoms with Gasteiger partial charge in [-0.3, -0.25) is 13.8 Å². The van der Waals surface area contributed by atoms with E-state index in [1.807, 2.05) is 23.7 Å². The van der Waals surface area contributed by atoms with Crippen molar-refractivity contribution in [2.45, 2.75) is 58.0 Å². The maximum absolute atomic E-state index is 12.6. The molecule has 2 aromatic rings. The third-order valence-corrected chi connectivity index (χ3v) is 7.86. The summed E-state index contributed by atoms with van der Waals surface area (Å²) >= 11 is 0. The van der Waals surface area contributed by atoms with Gasteiger partial charge < -0.3 is 5.32 Å². The quantitative estimate of drug-likeness (QED) is 0.811. The highest BCUT2D eigenvalue weighted by atomic mass is 32.2. The zero-order chi connectivity index (χ0) is 20.4. The van der Waals surface area contributed by atoms with Crippen LogP contribution < -0.4 is 9.62 Å². The van der Waals surface area contributed by atoms with E-state index >= 15 is 0 Å². The number of aromatic nitrogens is 2. The first kappa shape index (κ1) is 19.9. The molecular weight excluding hydrogens is 388 g/mol. The molecule has 1 saturated heterocycles. The zero-order valence-electron chi connectivity index (χ0n) is 16.8. The maximum atomic E-state index is 12.6. The lowest BCUT2D eigenvalue weighted by Crippen LogP contribution is -2.25. The molecule has 1 aliphatic carbocycles. The van der Waals surface area contributed by atoms with E-state index < -0.39 is 10.0 Å². The van der Waals surface area contributed by atoms with Crippen molar-refractivity contribution >= 4 is 21.6 Å². The van der Waals surface area contributed by atoms with E-state index in [9.17, 15) is 13.2 Å². The fourth-order valence-electron chi connectivity index (χ4n) is 4.33. The van der Waals surface area contributed by atoms with Gasteiger partial charge in [0.1, 0.15) is 0 Å². The highest BCUT2D eigenvalue weighted by molar-refractivity contribution is 7.93. The standard InChI is InChI=1S/C21H28N4O3S/c1-16-20(15-23-25(16)19-6-3-2-4-7-19)21(26)22-14-17-8-10-18(11-9-17)24-12-5-13-29(24,27)28/h8-11,15,19H,2-7,12-14H2,1H3,(H,22,26). The van der Waals surface area contributed by atoms with Crippen LogP contribution >= 0.6 is 0 Å². The van der Waals surface area contributed by atoms with Crippen molar-refractivity contribution in [3.05, 3.63) is 47.3 Å². The Morgan fingerprint density at radius 3 is 2.52 bits per heavy atom. The molecule has 156 valence electrons. The highest BCUT2D eigenvalue weighted by Crippen LogP contribution is 2.29. The topological polar surface area (TPSA) is 84.3 Å². The van der Waals surface area contributed by atoms with E-state index in [0.717, 1.165) is 24.1 Å². The summed E-state index contributed by atoms with van der Waals surface area (Å²) in [5.41, 5.74) is 3.15. The Balaban J connectivity index is 1.38. The third-order valence-electron chi connectivity index (χ3n) is 5.99. The minimum atomic E-state index is -3.17. The molecule has 1 aliphatic heterocycles. The van der Waals surface area contributed by atoms with E-state index in [2.05, 4.69) is 10.4 Å². The highest BCUT2D eigenvalue weighted by Gasteiger charge is 2.28. The molecule has 0 radical (unpaired) electrons. The number of sulfonamides is 1. The largest absolute Gasteiger partial charge is 0.348 e. The monoisotopic (exact) mass is 416 g/mol. The summed E-state index contributed by atoms with van der Waals surface area (Å²) in [4.78, 5) is 12.6. The second-order valence-corrected chi connectivity index (χ2v) is 9.98. The van der Waals surface area contributed by atoms with E-state index in [1.54, 1.807) is 18.3 Å². The van der Waals surface area contributed by atoms with Crippen LogP contribution in [-0.2, 0) is 16.6 Å². The number of rotatable bonds is 5. The molecule has 1 saturated carbocycles. The molecule has 4 rings (SSSR count). The number of nitrogens with zero attached hydrogens (tertiary/aromatic N) is 3. The number of benzene rings is 1. The van der Waals surface area contributed by atoms with E-state index in [4.69, 9.17) is 0 Å². The van der Waals surface area contributed by atoms with Crippen LogP contribution in [0.3, 0.4) is 0 Å². The van der Waals surface area contributed by atoms with Crippen LogP contribution in [0, 0.1) is 6.92 Å². The second-order valence-electron chi connectivity index (χ2n) is 7.97. The van der Waals surface area contributed by atoms with Crippen LogP contribution in [-0.4, -0.2) is 36.4 Å². The first-order valence-corrected chi connectivity index (χ1v) is 12.0. The van der Waals surface area contributed by atoms with Crippen molar-refractivity contribution in [2.24, 2.45) is 0 Å². The minimum absolute atomic E-state index is 0.129. The van der Waals surface area contributed by atoms with Gasteiger partial charge in [-0.1, -0.05) is 31.4 Å². The Bertz CT molecular complexity index is 976. The molecule has 0 unspecified atom stereocenters. The van der Waals surface area contributed by atoms with Gasteiger partial charge in [-0.25, -0.2) is 8.42 Å². The zero-order valence-corrected chi connectivity index (χ0v) is 17.6. The normalized spacial score (nSPS) is 19.4. The number of carbonyl (C=O) groups excluding carboxylic acids is 1. The molecule has 1 aromatic heterocycles. The van der Waals surface area contributed by atoms with Gasteiger partial charge in [0.05, 0.1) is 29.2 Å². The Morgan fingerprint density at radius 2 is 1.86 bits per heavy atom. The van der Waals surface area contributed by atoms with Crippen LogP contribution in [0.2, 0.25) is 0 Å². The average molecular weight is 417 g/mol. The summed E-state index contributed by atoms with van der Waals surface area (Å²) in [6.45, 7) is 2.88. The molecule has 8 heteroatoms. The van der Waals surface area contributed by atoms with Crippen molar-refractivity contribution < 1.29 is 13.2 Å². The van der Waals surface area contributed by atoms with Crippen molar-refractivity contribution in [3.8, 4) is 0 Å². The fourth-order valence-corrected chi connectivity index (χ4v) is 5.89. The smallest absolute Gasteiger partial charge is 0.255 e. The number of hydrogen-bond donors (Lipinski definition) is 1. The van der Waals surface area contributed by atoms with Crippen molar-refractivity contribution in [1.29, 1.82) is 0 Å². The molecule has 0 spiro atoms. The van der Waals surface area contributed by atoms with Crippen LogP contribution in [0.5, 0.6) is 0 Å². The fraction of sp³-hybridized carbons (Fsp3) is 0.524. The summed E-state index contributed by atoms with van der Waals surface area (Å²) in [5.74, 6) is 0.0781. The van der Waals surface area contributed by atoms with E-state index in [-0.39, 0.29) is 11.7 Å². The van der Waals surface area contributed by atoms with E-state index in [0.29, 0.717) is 36.8 Å². The molecule has 0 bridgehead atoms. The van der Waals surface area contributed by atoms with Gasteiger partial charge in [-0.15, -0.1) is 0 Å². The van der Waals surface area contributed by atoms with Gasteiger partial charge >= 0.3 is 0 Å². The van der Waals surface area contributed by atoms with Crippen LogP contribution in [0.25, 0.3) is 0 Å². The summed E-state index contributed by atoms with van der Waals surface area (Å²) in [6, 6.07) is 7.73. The van der Waals surface area contributed by atoms with Gasteiger partial charge in [-0.05, 0) is 43.9 Å². The number of hydrogen-bond acceptors (Lipinski definition) is 4. The average Bonchev–Trinajstić information content (AvgIpc) is 3.29. The molecule has 2 aliphatic rings. The minimum Gasteiger partial charge on any atom is -0.348 e. The van der Waals surface area contributed by atoms with Crippen LogP contribution in [0.4, 0.5) is 5.69 Å². The Kier molecular flexibility index (Phi) is 5.63. The SMILES string of the molecule is Cc1c(C(=O)NCc2ccc(N3CCCS3(=O)=O)cc2)cnn1C1CCCCC1. The number of amides is 1.